The fourth-order valence-corrected chi connectivity index (χ4v) is 3.65. The van der Waals surface area contributed by atoms with Crippen molar-refractivity contribution in [3.8, 4) is 0 Å². The minimum absolute atomic E-state index is 0.0156. The first-order valence-electron chi connectivity index (χ1n) is 14.8. The quantitative estimate of drug-likeness (QED) is 0.128. The van der Waals surface area contributed by atoms with E-state index in [-0.39, 0.29) is 58.3 Å². The average Bonchev–Trinajstić information content (AvgIpc) is 3.02. The van der Waals surface area contributed by atoms with Crippen LogP contribution in [0.5, 0.6) is 0 Å². The number of amides is 7. The first kappa shape index (κ1) is 43.2. The smallest absolute Gasteiger partial charge is 0.269 e. The van der Waals surface area contributed by atoms with Crippen LogP contribution in [0.25, 0.3) is 0 Å². The summed E-state index contributed by atoms with van der Waals surface area (Å²) >= 11 is 0. The van der Waals surface area contributed by atoms with Gasteiger partial charge in [-0.05, 0) is 59.3 Å². The third kappa shape index (κ3) is 17.8. The Labute approximate surface area is 263 Å². The third-order valence-electron chi connectivity index (χ3n) is 5.88. The molecule has 5 atom stereocenters. The molecule has 1 aliphatic rings. The van der Waals surface area contributed by atoms with Gasteiger partial charge < -0.3 is 65.3 Å². The summed E-state index contributed by atoms with van der Waals surface area (Å²) in [7, 11) is 1.50. The van der Waals surface area contributed by atoms with Crippen LogP contribution in [0.3, 0.4) is 0 Å². The molecule has 1 heterocycles. The van der Waals surface area contributed by atoms with Crippen LogP contribution in [0.1, 0.15) is 52.9 Å². The Morgan fingerprint density at radius 1 is 0.622 bits per heavy atom. The van der Waals surface area contributed by atoms with Crippen molar-refractivity contribution in [1.29, 1.82) is 0 Å². The van der Waals surface area contributed by atoms with Gasteiger partial charge >= 0.3 is 0 Å². The number of carbonyl (C=O) groups is 7. The number of hydrogen-bond donors (Lipinski definition) is 12. The molecule has 45 heavy (non-hydrogen) atoms. The predicted octanol–water partition coefficient (Wildman–Crippen LogP) is -5.95. The van der Waals surface area contributed by atoms with Gasteiger partial charge in [0, 0.05) is 13.0 Å². The van der Waals surface area contributed by atoms with Gasteiger partial charge in [-0.1, -0.05) is 13.8 Å². The monoisotopic (exact) mass is 647 g/mol. The highest BCUT2D eigenvalue weighted by Gasteiger charge is 2.30. The van der Waals surface area contributed by atoms with E-state index < -0.39 is 78.3 Å². The molecule has 0 aromatic rings. The number of aliphatic hydroxyl groups is 1. The summed E-state index contributed by atoms with van der Waals surface area (Å²) in [6, 6.07) is -4.63. The number of aliphatic hydroxyl groups excluding tert-OH is 1. The van der Waals surface area contributed by atoms with Gasteiger partial charge in [0.25, 0.3) is 5.91 Å². The van der Waals surface area contributed by atoms with Crippen LogP contribution in [0.2, 0.25) is 0 Å². The van der Waals surface area contributed by atoms with Crippen LogP contribution in [-0.4, -0.2) is 117 Å². The average molecular weight is 648 g/mol. The van der Waals surface area contributed by atoms with E-state index >= 15 is 0 Å². The van der Waals surface area contributed by atoms with E-state index in [0.29, 0.717) is 0 Å². The van der Waals surface area contributed by atoms with Crippen molar-refractivity contribution in [2.24, 2.45) is 22.9 Å². The maximum Gasteiger partial charge on any atom is 0.269 e. The standard InChI is InChI=1S/C23H42N10O8.C2H6.CH5N/c1-12-18(36)31-14(5-8-25)20(38)32-15(6-9-26)21(39)33-23(41)22(40)27-10-2-3-16(34)30-13(4-7-24)19(37)28-11-17(35)29-12;2*1-2/h12-15,23,41H,2-11,24-26H2,1H3,(H,27,40)(H,28,37)(H,29,35)(H,30,34)(H,31,36)(H,32,38)(H,33,39);1-2H3;2H2,1H3. The zero-order chi connectivity index (χ0) is 34.9. The Kier molecular flexibility index (Phi) is 24.4. The van der Waals surface area contributed by atoms with E-state index in [0.717, 1.165) is 0 Å². The Morgan fingerprint density at radius 3 is 1.60 bits per heavy atom. The van der Waals surface area contributed by atoms with Gasteiger partial charge in [-0.15, -0.1) is 0 Å². The highest BCUT2D eigenvalue weighted by atomic mass is 16.3. The van der Waals surface area contributed by atoms with E-state index in [9.17, 15) is 38.7 Å². The molecule has 0 aliphatic carbocycles. The summed E-state index contributed by atoms with van der Waals surface area (Å²) in [6.07, 6.45) is -1.95. The molecule has 0 saturated carbocycles. The second kappa shape index (κ2) is 25.4. The third-order valence-corrected chi connectivity index (χ3v) is 5.88. The summed E-state index contributed by atoms with van der Waals surface area (Å²) < 4.78 is 0. The van der Waals surface area contributed by atoms with Gasteiger partial charge in [-0.3, -0.25) is 33.6 Å². The number of carbonyl (C=O) groups excluding carboxylic acids is 7. The molecule has 1 aliphatic heterocycles. The number of nitrogens with one attached hydrogen (secondary N) is 7. The van der Waals surface area contributed by atoms with Crippen molar-refractivity contribution in [3.63, 3.8) is 0 Å². The molecule has 1 saturated heterocycles. The predicted molar refractivity (Wildman–Crippen MR) is 165 cm³/mol. The molecule has 19 heteroatoms. The maximum absolute atomic E-state index is 12.9. The van der Waals surface area contributed by atoms with Crippen LogP contribution in [0, 0.1) is 0 Å². The van der Waals surface area contributed by atoms with Crippen LogP contribution in [0.15, 0.2) is 0 Å². The van der Waals surface area contributed by atoms with E-state index in [1.807, 2.05) is 13.8 Å². The molecule has 0 bridgehead atoms. The highest BCUT2D eigenvalue weighted by molar-refractivity contribution is 5.96. The Hall–Kier alpha value is -3.91. The molecule has 0 aromatic carbocycles. The molecule has 260 valence electrons. The Morgan fingerprint density at radius 2 is 1.09 bits per heavy atom. The van der Waals surface area contributed by atoms with E-state index in [4.69, 9.17) is 17.2 Å². The van der Waals surface area contributed by atoms with Crippen molar-refractivity contribution in [1.82, 2.24) is 37.2 Å². The minimum atomic E-state index is -1.98. The molecular formula is C26H53N11O8. The zero-order valence-corrected chi connectivity index (χ0v) is 26.6. The van der Waals surface area contributed by atoms with E-state index in [1.54, 1.807) is 0 Å². The molecule has 0 radical (unpaired) electrons. The molecular weight excluding hydrogens is 594 g/mol. The van der Waals surface area contributed by atoms with Crippen molar-refractivity contribution < 1.29 is 38.7 Å². The number of rotatable bonds is 6. The van der Waals surface area contributed by atoms with Gasteiger partial charge in [0.15, 0.2) is 0 Å². The summed E-state index contributed by atoms with van der Waals surface area (Å²) in [5.41, 5.74) is 21.2. The number of hydrogen-bond acceptors (Lipinski definition) is 12. The SMILES string of the molecule is CC.CC1NC(=O)CNC(=O)C(CCN)NC(=O)CCCNC(=O)C(O)NC(=O)C(CCN)NC(=O)C(CCN)NC1=O.CN. The molecule has 1 rings (SSSR count). The fraction of sp³-hybridized carbons (Fsp3) is 0.731. The minimum Gasteiger partial charge on any atom is -0.365 e. The topological polar surface area (TPSA) is 328 Å². The molecule has 0 spiro atoms. The molecule has 0 aromatic heterocycles. The van der Waals surface area contributed by atoms with Crippen LogP contribution < -0.4 is 60.2 Å². The lowest BCUT2D eigenvalue weighted by Crippen LogP contribution is -2.58. The van der Waals surface area contributed by atoms with Crippen LogP contribution >= 0.6 is 0 Å². The molecule has 7 amide bonds. The van der Waals surface area contributed by atoms with Crippen molar-refractivity contribution >= 4 is 41.4 Å². The zero-order valence-electron chi connectivity index (χ0n) is 26.6. The Balaban J connectivity index is 0. The van der Waals surface area contributed by atoms with Gasteiger partial charge in [-0.2, -0.15) is 0 Å². The molecule has 5 unspecified atom stereocenters. The molecule has 19 nitrogen and oxygen atoms in total. The van der Waals surface area contributed by atoms with E-state index in [2.05, 4.69) is 43.0 Å². The van der Waals surface area contributed by atoms with Crippen molar-refractivity contribution in [3.05, 3.63) is 0 Å². The van der Waals surface area contributed by atoms with Gasteiger partial charge in [0.2, 0.25) is 41.7 Å². The molecule has 16 N–H and O–H groups in total. The fourth-order valence-electron chi connectivity index (χ4n) is 3.65. The lowest BCUT2D eigenvalue weighted by Gasteiger charge is -2.24. The van der Waals surface area contributed by atoms with Crippen LogP contribution in [-0.2, 0) is 33.6 Å². The summed E-state index contributed by atoms with van der Waals surface area (Å²) in [5, 5.41) is 26.7. The normalized spacial score (nSPS) is 24.7. The van der Waals surface area contributed by atoms with Gasteiger partial charge in [-0.25, -0.2) is 0 Å². The first-order valence-corrected chi connectivity index (χ1v) is 14.8. The largest absolute Gasteiger partial charge is 0.365 e. The van der Waals surface area contributed by atoms with E-state index in [1.165, 1.54) is 14.0 Å². The second-order valence-corrected chi connectivity index (χ2v) is 9.29. The Bertz CT molecular complexity index is 954. The van der Waals surface area contributed by atoms with Crippen LogP contribution in [0.4, 0.5) is 0 Å². The summed E-state index contributed by atoms with van der Waals surface area (Å²) in [6.45, 7) is 4.80. The van der Waals surface area contributed by atoms with Crippen molar-refractivity contribution in [2.45, 2.75) is 83.3 Å². The van der Waals surface area contributed by atoms with Gasteiger partial charge in [0.05, 0.1) is 6.54 Å². The molecule has 1 fully saturated rings. The lowest BCUT2D eigenvalue weighted by atomic mass is 10.1. The highest BCUT2D eigenvalue weighted by Crippen LogP contribution is 2.00. The number of nitrogens with two attached hydrogens (primary N) is 4. The summed E-state index contributed by atoms with van der Waals surface area (Å²) in [5.74, 6) is -5.33. The van der Waals surface area contributed by atoms with Crippen molar-refractivity contribution in [2.75, 3.05) is 39.8 Å². The first-order chi connectivity index (χ1) is 21.4. The lowest BCUT2D eigenvalue weighted by molar-refractivity contribution is -0.139. The maximum atomic E-state index is 12.9. The second-order valence-electron chi connectivity index (χ2n) is 9.29. The summed E-state index contributed by atoms with van der Waals surface area (Å²) in [4.78, 5) is 87.6. The van der Waals surface area contributed by atoms with Gasteiger partial charge in [0.1, 0.15) is 24.2 Å².